The van der Waals surface area contributed by atoms with Gasteiger partial charge in [0.15, 0.2) is 0 Å². The molecule has 0 radical (unpaired) electrons. The molecule has 5 rings (SSSR count). The molecule has 1 amide bonds. The first-order chi connectivity index (χ1) is 16.7. The highest BCUT2D eigenvalue weighted by Crippen LogP contribution is 2.47. The van der Waals surface area contributed by atoms with E-state index >= 15 is 0 Å². The predicted molar refractivity (Wildman–Crippen MR) is 126 cm³/mol. The molecule has 35 heavy (non-hydrogen) atoms. The number of amides is 1. The summed E-state index contributed by atoms with van der Waals surface area (Å²) in [6.07, 6.45) is -1.68. The van der Waals surface area contributed by atoms with Crippen molar-refractivity contribution < 1.29 is 18.0 Å². The lowest BCUT2D eigenvalue weighted by atomic mass is 9.99. The maximum Gasteiger partial charge on any atom is 0.417 e. The third kappa shape index (κ3) is 4.99. The molecule has 182 valence electrons. The van der Waals surface area contributed by atoms with Gasteiger partial charge in [-0.25, -0.2) is 9.97 Å². The van der Waals surface area contributed by atoms with Crippen LogP contribution in [0, 0.1) is 25.7 Å². The standard InChI is InChI=1S/C26H26F3N5O/c1-15-4-3-5-22(32-15)21-8-6-16(2)33-24(21)25(35)34-14-18-10-17(18)11-20(34)13-31-23-9-7-19(12-30-23)26(27,28)29/h3-9,12,17-18,20H,10-11,13-14H2,1-2H3,(H,30,31)/t17-,18+,20+/m1/s1. The number of nitrogens with one attached hydrogen (secondary N) is 1. The largest absolute Gasteiger partial charge is 0.417 e. The summed E-state index contributed by atoms with van der Waals surface area (Å²) in [5.74, 6) is 1.27. The molecule has 3 aromatic rings. The Kier molecular flexibility index (Phi) is 5.94. The van der Waals surface area contributed by atoms with Crippen LogP contribution in [0.15, 0.2) is 48.7 Å². The third-order valence-electron chi connectivity index (χ3n) is 6.79. The summed E-state index contributed by atoms with van der Waals surface area (Å²) in [6.45, 7) is 4.80. The first-order valence-electron chi connectivity index (χ1n) is 11.7. The molecule has 0 aromatic carbocycles. The van der Waals surface area contributed by atoms with Crippen LogP contribution in [-0.4, -0.2) is 44.9 Å². The number of alkyl halides is 3. The van der Waals surface area contributed by atoms with Crippen LogP contribution in [-0.2, 0) is 6.18 Å². The second kappa shape index (κ2) is 8.94. The number of carbonyl (C=O) groups is 1. The number of hydrogen-bond donors (Lipinski definition) is 1. The molecule has 1 aliphatic heterocycles. The first-order valence-corrected chi connectivity index (χ1v) is 11.7. The zero-order chi connectivity index (χ0) is 24.7. The summed E-state index contributed by atoms with van der Waals surface area (Å²) in [7, 11) is 0. The van der Waals surface area contributed by atoms with Crippen LogP contribution in [0.5, 0.6) is 0 Å². The molecule has 1 N–H and O–H groups in total. The van der Waals surface area contributed by atoms with E-state index in [1.54, 1.807) is 0 Å². The molecular formula is C26H26F3N5O. The Labute approximate surface area is 201 Å². The van der Waals surface area contributed by atoms with Crippen LogP contribution in [0.1, 0.15) is 40.3 Å². The number of pyridine rings is 3. The number of aromatic nitrogens is 3. The molecule has 1 saturated carbocycles. The lowest BCUT2D eigenvalue weighted by Gasteiger charge is -2.36. The zero-order valence-corrected chi connectivity index (χ0v) is 19.5. The molecule has 3 atom stereocenters. The summed E-state index contributed by atoms with van der Waals surface area (Å²) in [5, 5.41) is 3.13. The van der Waals surface area contributed by atoms with Crippen molar-refractivity contribution in [3.8, 4) is 11.3 Å². The molecule has 0 bridgehead atoms. The van der Waals surface area contributed by atoms with Crippen LogP contribution in [0.25, 0.3) is 11.3 Å². The second-order valence-electron chi connectivity index (χ2n) is 9.43. The number of fused-ring (bicyclic) bond motifs is 1. The minimum atomic E-state index is -4.43. The highest BCUT2D eigenvalue weighted by atomic mass is 19.4. The highest BCUT2D eigenvalue weighted by molar-refractivity contribution is 5.99. The highest BCUT2D eigenvalue weighted by Gasteiger charge is 2.47. The van der Waals surface area contributed by atoms with Crippen molar-refractivity contribution in [3.63, 3.8) is 0 Å². The molecule has 3 aromatic heterocycles. The predicted octanol–water partition coefficient (Wildman–Crippen LogP) is 5.14. The van der Waals surface area contributed by atoms with Crippen molar-refractivity contribution in [2.45, 2.75) is 38.9 Å². The molecule has 9 heteroatoms. The molecule has 0 unspecified atom stereocenters. The number of halogens is 3. The maximum absolute atomic E-state index is 13.8. The van der Waals surface area contributed by atoms with Crippen LogP contribution < -0.4 is 5.32 Å². The quantitative estimate of drug-likeness (QED) is 0.547. The van der Waals surface area contributed by atoms with Crippen molar-refractivity contribution in [2.75, 3.05) is 18.4 Å². The minimum absolute atomic E-state index is 0.115. The number of hydrogen-bond acceptors (Lipinski definition) is 5. The molecule has 6 nitrogen and oxygen atoms in total. The fourth-order valence-corrected chi connectivity index (χ4v) is 4.79. The Morgan fingerprint density at radius 1 is 1.03 bits per heavy atom. The van der Waals surface area contributed by atoms with E-state index < -0.39 is 11.7 Å². The Morgan fingerprint density at radius 3 is 2.54 bits per heavy atom. The van der Waals surface area contributed by atoms with Gasteiger partial charge in [0.25, 0.3) is 5.91 Å². The van der Waals surface area contributed by atoms with Crippen LogP contribution in [0.2, 0.25) is 0 Å². The third-order valence-corrected chi connectivity index (χ3v) is 6.79. The van der Waals surface area contributed by atoms with Crippen molar-refractivity contribution in [3.05, 3.63) is 71.3 Å². The van der Waals surface area contributed by atoms with E-state index in [1.807, 2.05) is 49.1 Å². The Bertz CT molecular complexity index is 1240. The molecule has 2 aliphatic rings. The van der Waals surface area contributed by atoms with Gasteiger partial charge in [-0.05, 0) is 74.9 Å². The SMILES string of the molecule is Cc1cccc(-c2ccc(C)nc2C(=O)N2C[C@@H]3C[C@@H]3C[C@H]2CNc2ccc(C(F)(F)F)cn2)n1. The molecular weight excluding hydrogens is 455 g/mol. The number of aryl methyl sites for hydroxylation is 2. The maximum atomic E-state index is 13.8. The van der Waals surface area contributed by atoms with Gasteiger partial charge in [-0.3, -0.25) is 9.78 Å². The van der Waals surface area contributed by atoms with Gasteiger partial charge < -0.3 is 10.2 Å². The smallest absolute Gasteiger partial charge is 0.368 e. The first kappa shape index (κ1) is 23.3. The van der Waals surface area contributed by atoms with Gasteiger partial charge >= 0.3 is 6.18 Å². The van der Waals surface area contributed by atoms with Crippen molar-refractivity contribution >= 4 is 11.7 Å². The monoisotopic (exact) mass is 481 g/mol. The number of anilines is 1. The van der Waals surface area contributed by atoms with Crippen molar-refractivity contribution in [1.29, 1.82) is 0 Å². The topological polar surface area (TPSA) is 71.0 Å². The molecule has 0 spiro atoms. The van der Waals surface area contributed by atoms with Crippen molar-refractivity contribution in [2.24, 2.45) is 11.8 Å². The van der Waals surface area contributed by atoms with Gasteiger partial charge in [-0.15, -0.1) is 0 Å². The van der Waals surface area contributed by atoms with E-state index in [1.165, 1.54) is 6.07 Å². The van der Waals surface area contributed by atoms with Crippen LogP contribution in [0.4, 0.5) is 19.0 Å². The fourth-order valence-electron chi connectivity index (χ4n) is 4.79. The van der Waals surface area contributed by atoms with E-state index in [0.29, 0.717) is 47.7 Å². The van der Waals surface area contributed by atoms with E-state index in [9.17, 15) is 18.0 Å². The zero-order valence-electron chi connectivity index (χ0n) is 19.5. The summed E-state index contributed by atoms with van der Waals surface area (Å²) in [5.41, 5.74) is 2.58. The lowest BCUT2D eigenvalue weighted by Crippen LogP contribution is -2.48. The lowest BCUT2D eigenvalue weighted by molar-refractivity contribution is -0.137. The second-order valence-corrected chi connectivity index (χ2v) is 9.43. The molecule has 4 heterocycles. The Hall–Kier alpha value is -3.49. The average molecular weight is 482 g/mol. The van der Waals surface area contributed by atoms with Crippen molar-refractivity contribution in [1.82, 2.24) is 19.9 Å². The summed E-state index contributed by atoms with van der Waals surface area (Å²) in [4.78, 5) is 28.8. The van der Waals surface area contributed by atoms with Crippen LogP contribution in [0.3, 0.4) is 0 Å². The number of rotatable bonds is 5. The van der Waals surface area contributed by atoms with Gasteiger partial charge in [0.1, 0.15) is 11.5 Å². The summed E-state index contributed by atoms with van der Waals surface area (Å²) in [6, 6.07) is 11.7. The molecule has 2 fully saturated rings. The van der Waals surface area contributed by atoms with Gasteiger partial charge in [0, 0.05) is 42.3 Å². The fraction of sp³-hybridized carbons (Fsp3) is 0.385. The van der Waals surface area contributed by atoms with E-state index in [-0.39, 0.29) is 11.9 Å². The number of piperidine rings is 1. The molecule has 1 saturated heterocycles. The Morgan fingerprint density at radius 2 is 1.83 bits per heavy atom. The van der Waals surface area contributed by atoms with Gasteiger partial charge in [0.2, 0.25) is 0 Å². The summed E-state index contributed by atoms with van der Waals surface area (Å²) < 4.78 is 38.5. The van der Waals surface area contributed by atoms with E-state index in [4.69, 9.17) is 0 Å². The average Bonchev–Trinajstić information content (AvgIpc) is 3.60. The normalized spacial score (nSPS) is 21.4. The molecule has 1 aliphatic carbocycles. The van der Waals surface area contributed by atoms with E-state index in [0.717, 1.165) is 36.5 Å². The minimum Gasteiger partial charge on any atom is -0.368 e. The van der Waals surface area contributed by atoms with Gasteiger partial charge in [0.05, 0.1) is 11.3 Å². The van der Waals surface area contributed by atoms with Gasteiger partial charge in [-0.1, -0.05) is 6.07 Å². The number of likely N-dealkylation sites (tertiary alicyclic amines) is 1. The Balaban J connectivity index is 1.38. The van der Waals surface area contributed by atoms with Crippen LogP contribution >= 0.6 is 0 Å². The van der Waals surface area contributed by atoms with E-state index in [2.05, 4.69) is 20.3 Å². The van der Waals surface area contributed by atoms with Gasteiger partial charge in [-0.2, -0.15) is 13.2 Å². The number of carbonyl (C=O) groups excluding carboxylic acids is 1. The number of nitrogens with zero attached hydrogens (tertiary/aromatic N) is 4. The summed E-state index contributed by atoms with van der Waals surface area (Å²) >= 11 is 0.